The summed E-state index contributed by atoms with van der Waals surface area (Å²) in [4.78, 5) is 2.16. The molecule has 0 aromatic heterocycles. The van der Waals surface area contributed by atoms with E-state index in [-0.39, 0.29) is 37.3 Å². The number of hydrogen-bond donors (Lipinski definition) is 1. The van der Waals surface area contributed by atoms with Crippen LogP contribution in [0.15, 0.2) is 36.4 Å². The molecule has 0 aliphatic carbocycles. The van der Waals surface area contributed by atoms with Crippen LogP contribution in [-0.2, 0) is 0 Å². The maximum atomic E-state index is 12.8. The largest absolute Gasteiger partial charge is 0.497 e. The first-order valence-corrected chi connectivity index (χ1v) is 8.55. The van der Waals surface area contributed by atoms with Gasteiger partial charge in [0.25, 0.3) is 0 Å². The summed E-state index contributed by atoms with van der Waals surface area (Å²) in [6.45, 7) is 3.16. The summed E-state index contributed by atoms with van der Waals surface area (Å²) in [5, 5.41) is 5.30. The molecule has 1 N–H and O–H groups in total. The van der Waals surface area contributed by atoms with Crippen LogP contribution in [0.1, 0.15) is 24.4 Å². The lowest BCUT2D eigenvalue weighted by molar-refractivity contribution is -0.138. The molecule has 3 nitrogen and oxygen atoms in total. The van der Waals surface area contributed by atoms with Crippen molar-refractivity contribution < 1.29 is 17.9 Å². The molecule has 2 aromatic carbocycles. The van der Waals surface area contributed by atoms with Gasteiger partial charge in [0, 0.05) is 38.6 Å². The van der Waals surface area contributed by atoms with Gasteiger partial charge in [0.15, 0.2) is 0 Å². The third-order valence-electron chi connectivity index (χ3n) is 4.75. The van der Waals surface area contributed by atoms with Crippen molar-refractivity contribution in [3.63, 3.8) is 0 Å². The number of benzene rings is 2. The Labute approximate surface area is 170 Å². The number of fused-ring (bicyclic) bond motifs is 1. The molecule has 1 atom stereocenters. The van der Waals surface area contributed by atoms with Gasteiger partial charge in [0.1, 0.15) is 5.75 Å². The minimum Gasteiger partial charge on any atom is -0.497 e. The van der Waals surface area contributed by atoms with Gasteiger partial charge in [-0.05, 0) is 41.0 Å². The van der Waals surface area contributed by atoms with E-state index in [9.17, 15) is 13.2 Å². The Kier molecular flexibility index (Phi) is 9.15. The first-order chi connectivity index (χ1) is 12.0. The minimum absolute atomic E-state index is 0. The van der Waals surface area contributed by atoms with E-state index in [0.29, 0.717) is 0 Å². The number of methoxy groups -OCH3 is 1. The minimum atomic E-state index is -4.13. The van der Waals surface area contributed by atoms with E-state index in [2.05, 4.69) is 10.2 Å². The van der Waals surface area contributed by atoms with Crippen molar-refractivity contribution in [1.29, 1.82) is 0 Å². The highest BCUT2D eigenvalue weighted by atomic mass is 35.5. The summed E-state index contributed by atoms with van der Waals surface area (Å²) in [6.07, 6.45) is -4.80. The highest BCUT2D eigenvalue weighted by Gasteiger charge is 2.31. The van der Waals surface area contributed by atoms with Gasteiger partial charge < -0.3 is 10.1 Å². The van der Waals surface area contributed by atoms with Gasteiger partial charge in [-0.25, -0.2) is 0 Å². The Hall–Kier alpha value is -1.21. The Morgan fingerprint density at radius 2 is 1.67 bits per heavy atom. The molecule has 1 aliphatic heterocycles. The van der Waals surface area contributed by atoms with Gasteiger partial charge in [-0.1, -0.05) is 18.2 Å². The average molecular weight is 425 g/mol. The molecule has 8 heteroatoms. The number of nitrogens with one attached hydrogen (secondary N) is 1. The van der Waals surface area contributed by atoms with Crippen molar-refractivity contribution >= 4 is 35.6 Å². The summed E-state index contributed by atoms with van der Waals surface area (Å²) >= 11 is 0. The molecule has 1 fully saturated rings. The van der Waals surface area contributed by atoms with Crippen LogP contribution in [0.2, 0.25) is 0 Å². The van der Waals surface area contributed by atoms with Crippen LogP contribution >= 0.6 is 24.8 Å². The molecule has 152 valence electrons. The molecule has 0 unspecified atom stereocenters. The molecule has 3 rings (SSSR count). The smallest absolute Gasteiger partial charge is 0.389 e. The maximum absolute atomic E-state index is 12.8. The summed E-state index contributed by atoms with van der Waals surface area (Å²) in [7, 11) is 1.62. The van der Waals surface area contributed by atoms with Crippen LogP contribution in [0.4, 0.5) is 13.2 Å². The number of ether oxygens (including phenoxy) is 1. The van der Waals surface area contributed by atoms with Crippen molar-refractivity contribution in [3.05, 3.63) is 42.0 Å². The molecule has 0 radical (unpaired) electrons. The fourth-order valence-electron chi connectivity index (χ4n) is 3.43. The van der Waals surface area contributed by atoms with Crippen LogP contribution < -0.4 is 10.1 Å². The number of nitrogens with zero attached hydrogens (tertiary/aromatic N) is 1. The number of halogens is 5. The molecule has 0 amide bonds. The van der Waals surface area contributed by atoms with Crippen LogP contribution in [0.3, 0.4) is 0 Å². The van der Waals surface area contributed by atoms with Gasteiger partial charge in [-0.3, -0.25) is 4.90 Å². The first kappa shape index (κ1) is 23.8. The van der Waals surface area contributed by atoms with E-state index in [0.717, 1.165) is 48.3 Å². The fraction of sp³-hybridized carbons (Fsp3) is 0.474. The number of alkyl halides is 3. The second kappa shape index (κ2) is 10.4. The molecule has 27 heavy (non-hydrogen) atoms. The second-order valence-corrected chi connectivity index (χ2v) is 6.43. The quantitative estimate of drug-likeness (QED) is 0.732. The van der Waals surface area contributed by atoms with E-state index >= 15 is 0 Å². The zero-order chi connectivity index (χ0) is 17.9. The van der Waals surface area contributed by atoms with Gasteiger partial charge in [0.05, 0.1) is 7.11 Å². The molecule has 2 aromatic rings. The van der Waals surface area contributed by atoms with Crippen LogP contribution in [0.25, 0.3) is 10.8 Å². The highest BCUT2D eigenvalue weighted by Crippen LogP contribution is 2.33. The summed E-state index contributed by atoms with van der Waals surface area (Å²) in [5.74, 6) is 0.774. The third kappa shape index (κ3) is 6.42. The topological polar surface area (TPSA) is 24.5 Å². The number of rotatable bonds is 5. The normalized spacial score (nSPS) is 16.3. The SMILES string of the molecule is COc1ccc2cc([C@@H](CCC(F)(F)F)N3CCNCC3)ccc2c1.Cl.Cl. The van der Waals surface area contributed by atoms with Gasteiger partial charge in [0.2, 0.25) is 0 Å². The standard InChI is InChI=1S/C19H23F3N2O.2ClH/c1-25-17-5-4-14-12-16(3-2-15(14)13-17)18(6-7-19(20,21)22)24-10-8-23-9-11-24;;/h2-5,12-13,18,23H,6-11H2,1H3;2*1H/t18-;;/m1../s1. The molecular weight excluding hydrogens is 400 g/mol. The molecule has 0 spiro atoms. The zero-order valence-corrected chi connectivity index (χ0v) is 16.7. The third-order valence-corrected chi connectivity index (χ3v) is 4.75. The van der Waals surface area contributed by atoms with E-state index < -0.39 is 12.6 Å². The summed E-state index contributed by atoms with van der Waals surface area (Å²) < 4.78 is 43.6. The van der Waals surface area contributed by atoms with Crippen LogP contribution in [0, 0.1) is 0 Å². The Bertz CT molecular complexity index is 722. The maximum Gasteiger partial charge on any atom is 0.389 e. The van der Waals surface area contributed by atoms with Crippen LogP contribution in [0.5, 0.6) is 5.75 Å². The Balaban J connectivity index is 0.00000182. The molecule has 1 heterocycles. The van der Waals surface area contributed by atoms with E-state index in [1.54, 1.807) is 7.11 Å². The summed E-state index contributed by atoms with van der Waals surface area (Å²) in [5.41, 5.74) is 0.948. The van der Waals surface area contributed by atoms with Gasteiger partial charge in [-0.2, -0.15) is 13.2 Å². The van der Waals surface area contributed by atoms with E-state index in [1.807, 2.05) is 36.4 Å². The van der Waals surface area contributed by atoms with Gasteiger partial charge >= 0.3 is 6.18 Å². The lowest BCUT2D eigenvalue weighted by Crippen LogP contribution is -2.45. The number of hydrogen-bond acceptors (Lipinski definition) is 3. The van der Waals surface area contributed by atoms with E-state index in [1.165, 1.54) is 0 Å². The van der Waals surface area contributed by atoms with Crippen molar-refractivity contribution in [2.24, 2.45) is 0 Å². The van der Waals surface area contributed by atoms with Crippen molar-refractivity contribution in [2.75, 3.05) is 33.3 Å². The molecule has 0 saturated carbocycles. The lowest BCUT2D eigenvalue weighted by Gasteiger charge is -2.35. The van der Waals surface area contributed by atoms with Crippen molar-refractivity contribution in [1.82, 2.24) is 10.2 Å². The Morgan fingerprint density at radius 1 is 1.04 bits per heavy atom. The predicted molar refractivity (Wildman–Crippen MR) is 107 cm³/mol. The highest BCUT2D eigenvalue weighted by molar-refractivity contribution is 5.86. The van der Waals surface area contributed by atoms with Crippen molar-refractivity contribution in [3.8, 4) is 5.75 Å². The van der Waals surface area contributed by atoms with Gasteiger partial charge in [-0.15, -0.1) is 24.8 Å². The second-order valence-electron chi connectivity index (χ2n) is 6.43. The molecule has 0 bridgehead atoms. The molecule has 1 aliphatic rings. The monoisotopic (exact) mass is 424 g/mol. The molecular formula is C19H25Cl2F3N2O. The predicted octanol–water partition coefficient (Wildman–Crippen LogP) is 4.98. The van der Waals surface area contributed by atoms with E-state index in [4.69, 9.17) is 4.74 Å². The zero-order valence-electron chi connectivity index (χ0n) is 15.1. The lowest BCUT2D eigenvalue weighted by atomic mass is 9.96. The number of piperazine rings is 1. The van der Waals surface area contributed by atoms with Crippen molar-refractivity contribution in [2.45, 2.75) is 25.1 Å². The average Bonchev–Trinajstić information content (AvgIpc) is 2.61. The summed E-state index contributed by atoms with van der Waals surface area (Å²) in [6, 6.07) is 11.5. The van der Waals surface area contributed by atoms with Crippen LogP contribution in [-0.4, -0.2) is 44.4 Å². The molecule has 1 saturated heterocycles. The fourth-order valence-corrected chi connectivity index (χ4v) is 3.43. The first-order valence-electron chi connectivity index (χ1n) is 8.55. The Morgan fingerprint density at radius 3 is 2.30 bits per heavy atom.